The van der Waals surface area contributed by atoms with Gasteiger partial charge in [-0.3, -0.25) is 4.79 Å². The number of hydrogen-bond donors (Lipinski definition) is 2. The molecule has 160 valence electrons. The second kappa shape index (κ2) is 7.82. The molecule has 0 radical (unpaired) electrons. The number of aliphatic imine (C=N–C) groups is 1. The van der Waals surface area contributed by atoms with Crippen molar-refractivity contribution < 1.29 is 31.5 Å². The third-order valence-electron chi connectivity index (χ3n) is 4.39. The van der Waals surface area contributed by atoms with E-state index in [1.54, 1.807) is 6.07 Å². The molecule has 30 heavy (non-hydrogen) atoms. The van der Waals surface area contributed by atoms with Gasteiger partial charge >= 0.3 is 6.18 Å². The molecule has 3 N–H and O–H groups in total. The van der Waals surface area contributed by atoms with Gasteiger partial charge in [-0.15, -0.1) is 0 Å². The van der Waals surface area contributed by atoms with Crippen LogP contribution in [-0.4, -0.2) is 29.2 Å². The van der Waals surface area contributed by atoms with Crippen molar-refractivity contribution in [2.75, 3.05) is 5.32 Å². The molecule has 0 saturated heterocycles. The van der Waals surface area contributed by atoms with Crippen molar-refractivity contribution in [1.82, 2.24) is 4.98 Å². The maximum atomic E-state index is 14.5. The molecule has 2 unspecified atom stereocenters. The second-order valence-electron chi connectivity index (χ2n) is 6.71. The van der Waals surface area contributed by atoms with Crippen molar-refractivity contribution >= 4 is 33.5 Å². The van der Waals surface area contributed by atoms with E-state index in [1.165, 1.54) is 19.2 Å². The molecule has 0 spiro atoms. The number of ether oxygens (including phenoxy) is 1. The Morgan fingerprint density at radius 1 is 1.33 bits per heavy atom. The first-order valence-electron chi connectivity index (χ1n) is 8.40. The third-order valence-corrected chi connectivity index (χ3v) is 4.86. The lowest BCUT2D eigenvalue weighted by Crippen LogP contribution is -2.46. The Balaban J connectivity index is 1.97. The lowest BCUT2D eigenvalue weighted by molar-refractivity contribution is -0.208. The number of halogens is 6. The molecule has 0 fully saturated rings. The number of carbonyl (C=O) groups excluding carboxylic acids is 1. The zero-order valence-corrected chi connectivity index (χ0v) is 16.8. The molecule has 1 aliphatic rings. The molecule has 0 aliphatic carbocycles. The van der Waals surface area contributed by atoms with Crippen LogP contribution < -0.4 is 11.1 Å². The van der Waals surface area contributed by atoms with Crippen LogP contribution in [0.3, 0.4) is 0 Å². The zero-order valence-electron chi connectivity index (χ0n) is 15.2. The van der Waals surface area contributed by atoms with Crippen molar-refractivity contribution in [2.24, 2.45) is 10.7 Å². The van der Waals surface area contributed by atoms with Crippen LogP contribution in [0.2, 0.25) is 0 Å². The smallest absolute Gasteiger partial charge is 0.425 e. The molecule has 1 aromatic carbocycles. The van der Waals surface area contributed by atoms with Crippen molar-refractivity contribution in [3.63, 3.8) is 0 Å². The summed E-state index contributed by atoms with van der Waals surface area (Å²) in [6.07, 6.45) is -6.62. The molecular formula is C18H14BrF5N4O2. The SMILES string of the molecule is CC1(c2cc(NC(=O)c3ccc(Br)cn3)cc(F)c2F)CC(C(F)(F)F)OC(N)=N1. The largest absolute Gasteiger partial charge is 0.452 e. The molecule has 2 aromatic rings. The van der Waals surface area contributed by atoms with Gasteiger partial charge in [0.05, 0.1) is 5.54 Å². The quantitative estimate of drug-likeness (QED) is 0.626. The number of benzene rings is 1. The predicted molar refractivity (Wildman–Crippen MR) is 101 cm³/mol. The van der Waals surface area contributed by atoms with Crippen LogP contribution in [0.4, 0.5) is 27.6 Å². The van der Waals surface area contributed by atoms with Gasteiger partial charge in [-0.05, 0) is 41.1 Å². The Labute approximate surface area is 175 Å². The van der Waals surface area contributed by atoms with Gasteiger partial charge < -0.3 is 15.8 Å². The van der Waals surface area contributed by atoms with Gasteiger partial charge in [-0.1, -0.05) is 0 Å². The maximum absolute atomic E-state index is 14.5. The molecule has 2 atom stereocenters. The molecule has 2 heterocycles. The molecule has 1 amide bonds. The Hall–Kier alpha value is -2.76. The third kappa shape index (κ3) is 4.53. The summed E-state index contributed by atoms with van der Waals surface area (Å²) in [5.74, 6) is -3.51. The number of carbonyl (C=O) groups is 1. The zero-order chi connectivity index (χ0) is 22.3. The van der Waals surface area contributed by atoms with E-state index < -0.39 is 53.4 Å². The fourth-order valence-corrected chi connectivity index (χ4v) is 3.21. The van der Waals surface area contributed by atoms with Gasteiger partial charge in [0.25, 0.3) is 11.9 Å². The summed E-state index contributed by atoms with van der Waals surface area (Å²) in [6.45, 7) is 1.17. The first-order chi connectivity index (χ1) is 13.9. The minimum atomic E-state index is -4.80. The highest BCUT2D eigenvalue weighted by Crippen LogP contribution is 2.41. The molecule has 3 rings (SSSR count). The fourth-order valence-electron chi connectivity index (χ4n) is 2.97. The minimum absolute atomic E-state index is 0.0128. The number of anilines is 1. The van der Waals surface area contributed by atoms with Gasteiger partial charge in [0.1, 0.15) is 5.69 Å². The van der Waals surface area contributed by atoms with Crippen molar-refractivity contribution in [3.05, 3.63) is 57.8 Å². The van der Waals surface area contributed by atoms with Gasteiger partial charge in [0.2, 0.25) is 0 Å². The van der Waals surface area contributed by atoms with E-state index >= 15 is 0 Å². The molecule has 0 bridgehead atoms. The molecule has 6 nitrogen and oxygen atoms in total. The first-order valence-corrected chi connectivity index (χ1v) is 9.19. The monoisotopic (exact) mass is 492 g/mol. The predicted octanol–water partition coefficient (Wildman–Crippen LogP) is 4.26. The summed E-state index contributed by atoms with van der Waals surface area (Å²) in [6, 6.07) is 3.84. The van der Waals surface area contributed by atoms with Gasteiger partial charge in [0, 0.05) is 34.4 Å². The number of aromatic nitrogens is 1. The van der Waals surface area contributed by atoms with Crippen molar-refractivity contribution in [3.8, 4) is 0 Å². The number of amides is 1. The normalized spacial score (nSPS) is 21.6. The summed E-state index contributed by atoms with van der Waals surface area (Å²) >= 11 is 3.16. The average Bonchev–Trinajstić information content (AvgIpc) is 2.63. The van der Waals surface area contributed by atoms with Crippen LogP contribution in [-0.2, 0) is 10.3 Å². The van der Waals surface area contributed by atoms with Gasteiger partial charge in [-0.25, -0.2) is 18.8 Å². The van der Waals surface area contributed by atoms with E-state index in [0.29, 0.717) is 10.5 Å². The first kappa shape index (κ1) is 21.9. The number of nitrogens with zero attached hydrogens (tertiary/aromatic N) is 2. The number of hydrogen-bond acceptors (Lipinski definition) is 5. The highest BCUT2D eigenvalue weighted by atomic mass is 79.9. The molecule has 0 saturated carbocycles. The van der Waals surface area contributed by atoms with E-state index in [4.69, 9.17) is 5.73 Å². The summed E-state index contributed by atoms with van der Waals surface area (Å²) < 4.78 is 73.3. The molecular weight excluding hydrogens is 479 g/mol. The number of amidine groups is 1. The van der Waals surface area contributed by atoms with E-state index in [0.717, 1.165) is 6.07 Å². The second-order valence-corrected chi connectivity index (χ2v) is 7.63. The van der Waals surface area contributed by atoms with E-state index in [1.807, 2.05) is 0 Å². The number of nitrogens with two attached hydrogens (primary N) is 1. The average molecular weight is 493 g/mol. The Morgan fingerprint density at radius 2 is 2.03 bits per heavy atom. The number of alkyl halides is 3. The Bertz CT molecular complexity index is 1010. The number of rotatable bonds is 3. The standard InChI is InChI=1S/C18H14BrF5N4O2/c1-17(6-13(18(22,23)24)30-16(25)28-17)10-4-9(5-11(20)14(10)21)27-15(29)12-3-2-8(19)7-26-12/h2-5,7,13H,6H2,1H3,(H2,25,28)(H,27,29). The topological polar surface area (TPSA) is 89.6 Å². The highest BCUT2D eigenvalue weighted by Gasteiger charge is 2.50. The van der Waals surface area contributed by atoms with E-state index in [2.05, 4.69) is 36.0 Å². The van der Waals surface area contributed by atoms with Gasteiger partial charge in [0.15, 0.2) is 17.7 Å². The molecule has 12 heteroatoms. The van der Waals surface area contributed by atoms with Crippen molar-refractivity contribution in [1.29, 1.82) is 0 Å². The Morgan fingerprint density at radius 3 is 2.63 bits per heavy atom. The fraction of sp³-hybridized carbons (Fsp3) is 0.278. The number of nitrogens with one attached hydrogen (secondary N) is 1. The van der Waals surface area contributed by atoms with Crippen LogP contribution >= 0.6 is 15.9 Å². The summed E-state index contributed by atoms with van der Waals surface area (Å²) in [7, 11) is 0. The summed E-state index contributed by atoms with van der Waals surface area (Å²) in [5, 5.41) is 2.34. The van der Waals surface area contributed by atoms with Crippen LogP contribution in [0.1, 0.15) is 29.4 Å². The van der Waals surface area contributed by atoms with E-state index in [-0.39, 0.29) is 11.4 Å². The molecule has 1 aliphatic heterocycles. The number of pyridine rings is 1. The lowest BCUT2D eigenvalue weighted by Gasteiger charge is -2.36. The Kier molecular flexibility index (Phi) is 5.72. The van der Waals surface area contributed by atoms with Crippen LogP contribution in [0.15, 0.2) is 39.9 Å². The van der Waals surface area contributed by atoms with Crippen LogP contribution in [0.5, 0.6) is 0 Å². The summed E-state index contributed by atoms with van der Waals surface area (Å²) in [4.78, 5) is 20.0. The lowest BCUT2D eigenvalue weighted by atomic mass is 9.85. The van der Waals surface area contributed by atoms with Crippen LogP contribution in [0.25, 0.3) is 0 Å². The van der Waals surface area contributed by atoms with Crippen molar-refractivity contribution in [2.45, 2.75) is 31.2 Å². The van der Waals surface area contributed by atoms with Gasteiger partial charge in [-0.2, -0.15) is 13.2 Å². The maximum Gasteiger partial charge on any atom is 0.425 e. The van der Waals surface area contributed by atoms with Crippen LogP contribution in [0, 0.1) is 11.6 Å². The highest BCUT2D eigenvalue weighted by molar-refractivity contribution is 9.10. The molecule has 1 aromatic heterocycles. The van der Waals surface area contributed by atoms with E-state index in [9.17, 15) is 26.7 Å². The minimum Gasteiger partial charge on any atom is -0.452 e. The summed E-state index contributed by atoms with van der Waals surface area (Å²) in [5.41, 5.74) is 2.76.